The minimum absolute atomic E-state index is 0.165. The molecule has 132 valence electrons. The van der Waals surface area contributed by atoms with Crippen LogP contribution in [0.5, 0.6) is 5.75 Å². The fourth-order valence-electron chi connectivity index (χ4n) is 3.04. The lowest BCUT2D eigenvalue weighted by atomic mass is 9.96. The number of ether oxygens (including phenoxy) is 1. The Morgan fingerprint density at radius 1 is 1.16 bits per heavy atom. The first-order valence-corrected chi connectivity index (χ1v) is 8.58. The van der Waals surface area contributed by atoms with Gasteiger partial charge in [-0.1, -0.05) is 0 Å². The van der Waals surface area contributed by atoms with Crippen LogP contribution in [0.15, 0.2) is 48.8 Å². The number of nitrogens with one attached hydrogen (secondary N) is 2. The minimum atomic E-state index is -0.165. The van der Waals surface area contributed by atoms with Gasteiger partial charge < -0.3 is 20.3 Å². The molecule has 1 aliphatic heterocycles. The minimum Gasteiger partial charge on any atom is -0.497 e. The van der Waals surface area contributed by atoms with Crippen molar-refractivity contribution in [1.82, 2.24) is 10.3 Å². The first-order chi connectivity index (χ1) is 12.2. The summed E-state index contributed by atoms with van der Waals surface area (Å²) in [5.41, 5.74) is 1.98. The molecule has 2 heterocycles. The Morgan fingerprint density at radius 3 is 2.48 bits per heavy atom. The van der Waals surface area contributed by atoms with E-state index in [0.717, 1.165) is 37.4 Å². The van der Waals surface area contributed by atoms with Crippen LogP contribution < -0.4 is 20.3 Å². The number of methoxy groups -OCH3 is 1. The van der Waals surface area contributed by atoms with Crippen molar-refractivity contribution in [3.63, 3.8) is 0 Å². The van der Waals surface area contributed by atoms with E-state index in [1.165, 1.54) is 5.69 Å². The second-order valence-corrected chi connectivity index (χ2v) is 6.20. The number of nitrogens with zero attached hydrogens (tertiary/aromatic N) is 2. The molecule has 0 bridgehead atoms. The molecule has 2 aromatic rings. The fourth-order valence-corrected chi connectivity index (χ4v) is 3.04. The largest absolute Gasteiger partial charge is 0.497 e. The lowest BCUT2D eigenvalue weighted by molar-refractivity contribution is 0.248. The van der Waals surface area contributed by atoms with E-state index in [1.54, 1.807) is 7.11 Å². The van der Waals surface area contributed by atoms with Crippen LogP contribution in [0.25, 0.3) is 0 Å². The van der Waals surface area contributed by atoms with Gasteiger partial charge in [0.05, 0.1) is 7.11 Å². The molecule has 1 aliphatic rings. The molecule has 1 saturated heterocycles. The van der Waals surface area contributed by atoms with E-state index in [4.69, 9.17) is 4.74 Å². The van der Waals surface area contributed by atoms with Gasteiger partial charge in [0.15, 0.2) is 0 Å². The first-order valence-electron chi connectivity index (χ1n) is 8.58. The summed E-state index contributed by atoms with van der Waals surface area (Å²) in [6, 6.07) is 11.2. The molecule has 3 rings (SSSR count). The third kappa shape index (κ3) is 4.86. The Kier molecular flexibility index (Phi) is 5.72. The van der Waals surface area contributed by atoms with Gasteiger partial charge >= 0.3 is 6.03 Å². The number of hydrogen-bond acceptors (Lipinski definition) is 4. The van der Waals surface area contributed by atoms with E-state index >= 15 is 0 Å². The van der Waals surface area contributed by atoms with Gasteiger partial charge in [-0.25, -0.2) is 4.79 Å². The Hall–Kier alpha value is -2.76. The SMILES string of the molecule is COc1ccc(NC(=O)NCC2CCN(c3ccncc3)CC2)cc1. The van der Waals surface area contributed by atoms with Crippen LogP contribution in [0, 0.1) is 5.92 Å². The normalized spacial score (nSPS) is 14.8. The molecule has 0 aliphatic carbocycles. The number of carbonyl (C=O) groups excluding carboxylic acids is 1. The van der Waals surface area contributed by atoms with Crippen molar-refractivity contribution in [2.45, 2.75) is 12.8 Å². The van der Waals surface area contributed by atoms with Crippen molar-refractivity contribution in [2.75, 3.05) is 37.0 Å². The average Bonchev–Trinajstić information content (AvgIpc) is 2.68. The molecule has 1 fully saturated rings. The number of aromatic nitrogens is 1. The highest BCUT2D eigenvalue weighted by Crippen LogP contribution is 2.22. The van der Waals surface area contributed by atoms with Gasteiger partial charge in [0.1, 0.15) is 5.75 Å². The molecular formula is C19H24N4O2. The molecule has 1 aromatic heterocycles. The van der Waals surface area contributed by atoms with Crippen molar-refractivity contribution in [3.8, 4) is 5.75 Å². The van der Waals surface area contributed by atoms with Gasteiger partial charge in [0, 0.05) is 43.4 Å². The van der Waals surface area contributed by atoms with Gasteiger partial charge in [0.25, 0.3) is 0 Å². The van der Waals surface area contributed by atoms with E-state index in [0.29, 0.717) is 12.5 Å². The van der Waals surface area contributed by atoms with Crippen molar-refractivity contribution in [2.24, 2.45) is 5.92 Å². The molecule has 0 saturated carbocycles. The van der Waals surface area contributed by atoms with Crippen LogP contribution in [0.4, 0.5) is 16.2 Å². The maximum atomic E-state index is 12.0. The summed E-state index contributed by atoms with van der Waals surface area (Å²) in [4.78, 5) is 18.5. The maximum Gasteiger partial charge on any atom is 0.319 e. The molecule has 0 spiro atoms. The third-order valence-electron chi connectivity index (χ3n) is 4.54. The highest BCUT2D eigenvalue weighted by Gasteiger charge is 2.19. The lowest BCUT2D eigenvalue weighted by Crippen LogP contribution is -2.39. The number of piperidine rings is 1. The molecule has 6 nitrogen and oxygen atoms in total. The summed E-state index contributed by atoms with van der Waals surface area (Å²) in [6.07, 6.45) is 5.80. The molecule has 0 unspecified atom stereocenters. The highest BCUT2D eigenvalue weighted by molar-refractivity contribution is 5.89. The van der Waals surface area contributed by atoms with Crippen molar-refractivity contribution in [1.29, 1.82) is 0 Å². The lowest BCUT2D eigenvalue weighted by Gasteiger charge is -2.33. The summed E-state index contributed by atoms with van der Waals surface area (Å²) in [7, 11) is 1.62. The van der Waals surface area contributed by atoms with E-state index in [2.05, 4.69) is 20.5 Å². The number of hydrogen-bond donors (Lipinski definition) is 2. The number of amides is 2. The van der Waals surface area contributed by atoms with Gasteiger partial charge in [-0.15, -0.1) is 0 Å². The second-order valence-electron chi connectivity index (χ2n) is 6.20. The Bertz CT molecular complexity index is 668. The zero-order chi connectivity index (χ0) is 17.5. The monoisotopic (exact) mass is 340 g/mol. The van der Waals surface area contributed by atoms with E-state index in [1.807, 2.05) is 48.8 Å². The number of carbonyl (C=O) groups is 1. The molecule has 2 N–H and O–H groups in total. The number of anilines is 2. The summed E-state index contributed by atoms with van der Waals surface area (Å²) >= 11 is 0. The molecular weight excluding hydrogens is 316 g/mol. The number of pyridine rings is 1. The quantitative estimate of drug-likeness (QED) is 0.878. The van der Waals surface area contributed by atoms with Crippen molar-refractivity contribution < 1.29 is 9.53 Å². The smallest absolute Gasteiger partial charge is 0.319 e. The fraction of sp³-hybridized carbons (Fsp3) is 0.368. The standard InChI is InChI=1S/C19H24N4O2/c1-25-18-4-2-16(3-5-18)22-19(24)21-14-15-8-12-23(13-9-15)17-6-10-20-11-7-17/h2-7,10-11,15H,8-9,12-14H2,1H3,(H2,21,22,24). The Labute approximate surface area is 148 Å². The number of urea groups is 1. The average molecular weight is 340 g/mol. The highest BCUT2D eigenvalue weighted by atomic mass is 16.5. The topological polar surface area (TPSA) is 66.5 Å². The summed E-state index contributed by atoms with van der Waals surface area (Å²) in [5, 5.41) is 5.82. The van der Waals surface area contributed by atoms with E-state index < -0.39 is 0 Å². The predicted molar refractivity (Wildman–Crippen MR) is 99.2 cm³/mol. The van der Waals surface area contributed by atoms with Crippen LogP contribution in [0.2, 0.25) is 0 Å². The van der Waals surface area contributed by atoms with Crippen LogP contribution in [-0.2, 0) is 0 Å². The Balaban J connectivity index is 1.39. The van der Waals surface area contributed by atoms with Gasteiger partial charge in [-0.2, -0.15) is 0 Å². The van der Waals surface area contributed by atoms with Crippen molar-refractivity contribution in [3.05, 3.63) is 48.8 Å². The Morgan fingerprint density at radius 2 is 1.84 bits per heavy atom. The van der Waals surface area contributed by atoms with Crippen LogP contribution >= 0.6 is 0 Å². The summed E-state index contributed by atoms with van der Waals surface area (Å²) in [5.74, 6) is 1.28. The predicted octanol–water partition coefficient (Wildman–Crippen LogP) is 3.13. The summed E-state index contributed by atoms with van der Waals surface area (Å²) in [6.45, 7) is 2.72. The third-order valence-corrected chi connectivity index (χ3v) is 4.54. The van der Waals surface area contributed by atoms with Crippen LogP contribution in [0.1, 0.15) is 12.8 Å². The summed E-state index contributed by atoms with van der Waals surface area (Å²) < 4.78 is 5.11. The zero-order valence-corrected chi connectivity index (χ0v) is 14.4. The molecule has 0 radical (unpaired) electrons. The molecule has 6 heteroatoms. The van der Waals surface area contributed by atoms with E-state index in [9.17, 15) is 4.79 Å². The number of benzene rings is 1. The number of rotatable bonds is 5. The maximum absolute atomic E-state index is 12.0. The van der Waals surface area contributed by atoms with Gasteiger partial charge in [-0.05, 0) is 55.2 Å². The first kappa shape index (κ1) is 17.1. The van der Waals surface area contributed by atoms with Gasteiger partial charge in [-0.3, -0.25) is 4.98 Å². The molecule has 1 aromatic carbocycles. The molecule has 25 heavy (non-hydrogen) atoms. The molecule has 2 amide bonds. The van der Waals surface area contributed by atoms with Crippen molar-refractivity contribution >= 4 is 17.4 Å². The molecule has 0 atom stereocenters. The van der Waals surface area contributed by atoms with Crippen LogP contribution in [-0.4, -0.2) is 37.8 Å². The van der Waals surface area contributed by atoms with Gasteiger partial charge in [0.2, 0.25) is 0 Å². The van der Waals surface area contributed by atoms with Crippen LogP contribution in [0.3, 0.4) is 0 Å². The van der Waals surface area contributed by atoms with E-state index in [-0.39, 0.29) is 6.03 Å². The second kappa shape index (κ2) is 8.37. The zero-order valence-electron chi connectivity index (χ0n) is 14.4.